The van der Waals surface area contributed by atoms with E-state index in [-0.39, 0.29) is 5.91 Å². The van der Waals surface area contributed by atoms with Crippen LogP contribution in [0.25, 0.3) is 0 Å². The molecule has 0 radical (unpaired) electrons. The number of nitrogens with one attached hydrogen (secondary N) is 1. The molecule has 22 heavy (non-hydrogen) atoms. The molecule has 114 valence electrons. The number of primary amides is 1. The smallest absolute Gasteiger partial charge is 0.265 e. The number of anilines is 1. The predicted octanol–water partition coefficient (Wildman–Crippen LogP) is 3.22. The van der Waals surface area contributed by atoms with Crippen LogP contribution in [0, 0.1) is 5.92 Å². The highest BCUT2D eigenvalue weighted by Crippen LogP contribution is 2.32. The van der Waals surface area contributed by atoms with Gasteiger partial charge in [-0.15, -0.1) is 11.3 Å². The van der Waals surface area contributed by atoms with E-state index < -0.39 is 5.91 Å². The lowest BCUT2D eigenvalue weighted by molar-refractivity contribution is 0.0998. The van der Waals surface area contributed by atoms with Gasteiger partial charge < -0.3 is 11.1 Å². The van der Waals surface area contributed by atoms with Crippen LogP contribution in [-0.4, -0.2) is 11.8 Å². The molecule has 1 aromatic carbocycles. The average Bonchev–Trinajstić information content (AvgIpc) is 2.91. The largest absolute Gasteiger partial charge is 0.366 e. The maximum Gasteiger partial charge on any atom is 0.265 e. The van der Waals surface area contributed by atoms with Crippen LogP contribution in [0.15, 0.2) is 30.3 Å². The third kappa shape index (κ3) is 3.04. The molecule has 5 heteroatoms. The number of hydrogen-bond donors (Lipinski definition) is 2. The third-order valence-corrected chi connectivity index (χ3v) is 5.22. The van der Waals surface area contributed by atoms with E-state index in [1.54, 1.807) is 35.6 Å². The zero-order valence-corrected chi connectivity index (χ0v) is 13.2. The molecule has 2 aromatic rings. The molecule has 0 fully saturated rings. The molecular weight excluding hydrogens is 296 g/mol. The first-order valence-electron chi connectivity index (χ1n) is 7.35. The Balaban J connectivity index is 1.73. The zero-order chi connectivity index (χ0) is 15.7. The molecule has 1 atom stereocenters. The maximum atomic E-state index is 12.3. The molecule has 0 aliphatic heterocycles. The summed E-state index contributed by atoms with van der Waals surface area (Å²) in [6.07, 6.45) is 3.33. The Labute approximate surface area is 133 Å². The summed E-state index contributed by atoms with van der Waals surface area (Å²) < 4.78 is 0. The lowest BCUT2D eigenvalue weighted by Gasteiger charge is -2.16. The van der Waals surface area contributed by atoms with E-state index in [1.807, 2.05) is 6.07 Å². The van der Waals surface area contributed by atoms with Crippen molar-refractivity contribution in [3.05, 3.63) is 51.2 Å². The molecule has 0 saturated heterocycles. The first kappa shape index (κ1) is 14.8. The predicted molar refractivity (Wildman–Crippen MR) is 88.4 cm³/mol. The Morgan fingerprint density at radius 1 is 1.27 bits per heavy atom. The van der Waals surface area contributed by atoms with Gasteiger partial charge in [0.25, 0.3) is 5.91 Å². The van der Waals surface area contributed by atoms with Crippen LogP contribution in [0.4, 0.5) is 5.69 Å². The van der Waals surface area contributed by atoms with Gasteiger partial charge in [-0.3, -0.25) is 9.59 Å². The minimum Gasteiger partial charge on any atom is -0.366 e. The second-order valence-electron chi connectivity index (χ2n) is 5.80. The molecule has 1 aliphatic rings. The van der Waals surface area contributed by atoms with Gasteiger partial charge in [-0.25, -0.2) is 0 Å². The monoisotopic (exact) mass is 314 g/mol. The molecule has 0 unspecified atom stereocenters. The maximum absolute atomic E-state index is 12.3. The van der Waals surface area contributed by atoms with Gasteiger partial charge in [-0.2, -0.15) is 0 Å². The van der Waals surface area contributed by atoms with Gasteiger partial charge >= 0.3 is 0 Å². The van der Waals surface area contributed by atoms with Gasteiger partial charge in [0.15, 0.2) is 0 Å². The summed E-state index contributed by atoms with van der Waals surface area (Å²) in [5, 5.41) is 2.86. The second-order valence-corrected chi connectivity index (χ2v) is 6.94. The summed E-state index contributed by atoms with van der Waals surface area (Å²) in [5.41, 5.74) is 7.61. The van der Waals surface area contributed by atoms with Gasteiger partial charge in [0.1, 0.15) is 0 Å². The molecular formula is C17H18N2O2S. The highest BCUT2D eigenvalue weighted by molar-refractivity contribution is 7.14. The summed E-state index contributed by atoms with van der Waals surface area (Å²) in [6, 6.07) is 8.61. The number of carbonyl (C=O) groups is 2. The van der Waals surface area contributed by atoms with Crippen LogP contribution < -0.4 is 11.1 Å². The summed E-state index contributed by atoms with van der Waals surface area (Å²) >= 11 is 1.59. The van der Waals surface area contributed by atoms with Crippen LogP contribution >= 0.6 is 11.3 Å². The summed E-state index contributed by atoms with van der Waals surface area (Å²) in [6.45, 7) is 2.25. The second kappa shape index (κ2) is 5.93. The topological polar surface area (TPSA) is 72.2 Å². The first-order chi connectivity index (χ1) is 10.5. The molecule has 3 rings (SSSR count). The molecule has 4 nitrogen and oxygen atoms in total. The van der Waals surface area contributed by atoms with E-state index >= 15 is 0 Å². The molecule has 0 bridgehead atoms. The van der Waals surface area contributed by atoms with Gasteiger partial charge in [0, 0.05) is 16.1 Å². The lowest BCUT2D eigenvalue weighted by atomic mass is 9.90. The summed E-state index contributed by atoms with van der Waals surface area (Å²) in [4.78, 5) is 25.5. The van der Waals surface area contributed by atoms with Crippen LogP contribution in [0.3, 0.4) is 0 Å². The molecule has 3 N–H and O–H groups in total. The zero-order valence-electron chi connectivity index (χ0n) is 12.4. The van der Waals surface area contributed by atoms with Crippen molar-refractivity contribution in [2.75, 3.05) is 5.32 Å². The fourth-order valence-corrected chi connectivity index (χ4v) is 3.83. The van der Waals surface area contributed by atoms with E-state index in [0.717, 1.165) is 17.7 Å². The number of benzene rings is 1. The third-order valence-electron chi connectivity index (χ3n) is 3.98. The highest BCUT2D eigenvalue weighted by Gasteiger charge is 2.20. The minimum absolute atomic E-state index is 0.0983. The SMILES string of the molecule is C[C@@H]1CCc2sc(C(=O)Nc3ccc(C(N)=O)cc3)cc2C1. The molecule has 1 heterocycles. The van der Waals surface area contributed by atoms with Crippen molar-refractivity contribution in [1.29, 1.82) is 0 Å². The van der Waals surface area contributed by atoms with E-state index in [9.17, 15) is 9.59 Å². The molecule has 1 aliphatic carbocycles. The van der Waals surface area contributed by atoms with Crippen molar-refractivity contribution in [1.82, 2.24) is 0 Å². The fraction of sp³-hybridized carbons (Fsp3) is 0.294. The number of amides is 2. The number of aryl methyl sites for hydroxylation is 1. The van der Waals surface area contributed by atoms with Gasteiger partial charge in [0.05, 0.1) is 4.88 Å². The Hall–Kier alpha value is -2.14. The number of hydrogen-bond acceptors (Lipinski definition) is 3. The summed E-state index contributed by atoms with van der Waals surface area (Å²) in [5.74, 6) is 0.121. The lowest BCUT2D eigenvalue weighted by Crippen LogP contribution is -2.12. The van der Waals surface area contributed by atoms with E-state index in [0.29, 0.717) is 17.2 Å². The van der Waals surface area contributed by atoms with Crippen LogP contribution in [0.5, 0.6) is 0 Å². The number of rotatable bonds is 3. The van der Waals surface area contributed by atoms with Gasteiger partial charge in [0.2, 0.25) is 5.91 Å². The Kier molecular flexibility index (Phi) is 3.98. The fourth-order valence-electron chi connectivity index (χ4n) is 2.73. The number of fused-ring (bicyclic) bond motifs is 1. The minimum atomic E-state index is -0.474. The van der Waals surface area contributed by atoms with E-state index in [4.69, 9.17) is 5.73 Å². The molecule has 0 spiro atoms. The van der Waals surface area contributed by atoms with Crippen molar-refractivity contribution in [2.24, 2.45) is 11.7 Å². The average molecular weight is 314 g/mol. The van der Waals surface area contributed by atoms with Crippen LogP contribution in [0.2, 0.25) is 0 Å². The van der Waals surface area contributed by atoms with Crippen molar-refractivity contribution in [3.63, 3.8) is 0 Å². The Morgan fingerprint density at radius 2 is 2.00 bits per heavy atom. The van der Waals surface area contributed by atoms with Crippen LogP contribution in [0.1, 0.15) is 43.8 Å². The number of thiophene rings is 1. The standard InChI is InChI=1S/C17H18N2O2S/c1-10-2-7-14-12(8-10)9-15(22-14)17(21)19-13-5-3-11(4-6-13)16(18)20/h3-6,9-10H,2,7-8H2,1H3,(H2,18,20)(H,19,21)/t10-/m1/s1. The molecule has 0 saturated carbocycles. The normalized spacial score (nSPS) is 16.9. The van der Waals surface area contributed by atoms with Crippen molar-refractivity contribution < 1.29 is 9.59 Å². The highest BCUT2D eigenvalue weighted by atomic mass is 32.1. The van der Waals surface area contributed by atoms with E-state index in [1.165, 1.54) is 16.9 Å². The number of carbonyl (C=O) groups excluding carboxylic acids is 2. The Morgan fingerprint density at radius 3 is 2.68 bits per heavy atom. The van der Waals surface area contributed by atoms with E-state index in [2.05, 4.69) is 12.2 Å². The van der Waals surface area contributed by atoms with Gasteiger partial charge in [-0.05, 0) is 61.1 Å². The quantitative estimate of drug-likeness (QED) is 0.913. The van der Waals surface area contributed by atoms with Crippen LogP contribution in [-0.2, 0) is 12.8 Å². The van der Waals surface area contributed by atoms with Crippen molar-refractivity contribution in [3.8, 4) is 0 Å². The van der Waals surface area contributed by atoms with Crippen molar-refractivity contribution in [2.45, 2.75) is 26.2 Å². The molecule has 1 aromatic heterocycles. The number of nitrogens with two attached hydrogens (primary N) is 1. The molecule has 2 amide bonds. The van der Waals surface area contributed by atoms with Gasteiger partial charge in [-0.1, -0.05) is 6.92 Å². The van der Waals surface area contributed by atoms with Crippen molar-refractivity contribution >= 4 is 28.8 Å². The first-order valence-corrected chi connectivity index (χ1v) is 8.17. The Bertz CT molecular complexity index is 719. The summed E-state index contributed by atoms with van der Waals surface area (Å²) in [7, 11) is 0.